The SMILES string of the molecule is CC(CC1CCCCCN1)NCC1(CCO)CC1. The van der Waals surface area contributed by atoms with Gasteiger partial charge in [0.25, 0.3) is 0 Å². The minimum absolute atomic E-state index is 0.347. The predicted molar refractivity (Wildman–Crippen MR) is 75.7 cm³/mol. The molecule has 1 aliphatic carbocycles. The number of rotatable bonds is 7. The third-order valence-corrected chi connectivity index (χ3v) is 4.73. The van der Waals surface area contributed by atoms with Crippen molar-refractivity contribution in [2.24, 2.45) is 5.41 Å². The molecule has 1 saturated heterocycles. The van der Waals surface area contributed by atoms with Crippen LogP contribution >= 0.6 is 0 Å². The van der Waals surface area contributed by atoms with E-state index in [0.29, 0.717) is 24.1 Å². The van der Waals surface area contributed by atoms with Crippen LogP contribution in [0.25, 0.3) is 0 Å². The van der Waals surface area contributed by atoms with Crippen LogP contribution in [-0.4, -0.2) is 36.9 Å². The molecular formula is C15H30N2O. The van der Waals surface area contributed by atoms with Gasteiger partial charge in [-0.15, -0.1) is 0 Å². The lowest BCUT2D eigenvalue weighted by Crippen LogP contribution is -2.39. The van der Waals surface area contributed by atoms with Gasteiger partial charge in [-0.1, -0.05) is 12.8 Å². The van der Waals surface area contributed by atoms with Crippen molar-refractivity contribution >= 4 is 0 Å². The van der Waals surface area contributed by atoms with Crippen LogP contribution in [0.1, 0.15) is 58.3 Å². The summed E-state index contributed by atoms with van der Waals surface area (Å²) >= 11 is 0. The molecular weight excluding hydrogens is 224 g/mol. The van der Waals surface area contributed by atoms with Crippen LogP contribution in [0.5, 0.6) is 0 Å². The van der Waals surface area contributed by atoms with E-state index < -0.39 is 0 Å². The Morgan fingerprint density at radius 2 is 2.17 bits per heavy atom. The Kier molecular flexibility index (Phi) is 5.46. The average molecular weight is 254 g/mol. The van der Waals surface area contributed by atoms with Crippen molar-refractivity contribution in [3.8, 4) is 0 Å². The zero-order valence-electron chi connectivity index (χ0n) is 11.9. The Hall–Kier alpha value is -0.120. The molecule has 106 valence electrons. The maximum Gasteiger partial charge on any atom is 0.0436 e. The van der Waals surface area contributed by atoms with Gasteiger partial charge < -0.3 is 15.7 Å². The fourth-order valence-corrected chi connectivity index (χ4v) is 3.13. The molecule has 2 atom stereocenters. The second-order valence-electron chi connectivity index (χ2n) is 6.49. The third kappa shape index (κ3) is 4.52. The van der Waals surface area contributed by atoms with Crippen LogP contribution in [0, 0.1) is 5.41 Å². The number of nitrogens with one attached hydrogen (secondary N) is 2. The molecule has 1 heterocycles. The summed E-state index contributed by atoms with van der Waals surface area (Å²) in [5, 5.41) is 16.4. The van der Waals surface area contributed by atoms with Crippen LogP contribution in [-0.2, 0) is 0 Å². The molecule has 2 rings (SSSR count). The Bertz CT molecular complexity index is 233. The lowest BCUT2D eigenvalue weighted by atomic mass is 10.0. The van der Waals surface area contributed by atoms with Crippen molar-refractivity contribution in [3.63, 3.8) is 0 Å². The minimum atomic E-state index is 0.347. The summed E-state index contributed by atoms with van der Waals surface area (Å²) in [4.78, 5) is 0. The number of hydrogen-bond donors (Lipinski definition) is 3. The van der Waals surface area contributed by atoms with Gasteiger partial charge in [0, 0.05) is 25.2 Å². The highest BCUT2D eigenvalue weighted by molar-refractivity contribution is 4.95. The van der Waals surface area contributed by atoms with Crippen molar-refractivity contribution in [1.29, 1.82) is 0 Å². The zero-order chi connectivity index (χ0) is 12.8. The fraction of sp³-hybridized carbons (Fsp3) is 1.00. The molecule has 0 aromatic heterocycles. The van der Waals surface area contributed by atoms with Gasteiger partial charge in [-0.25, -0.2) is 0 Å². The molecule has 1 aliphatic heterocycles. The van der Waals surface area contributed by atoms with E-state index >= 15 is 0 Å². The van der Waals surface area contributed by atoms with Gasteiger partial charge in [-0.2, -0.15) is 0 Å². The topological polar surface area (TPSA) is 44.3 Å². The number of aliphatic hydroxyl groups excluding tert-OH is 1. The van der Waals surface area contributed by atoms with Crippen LogP contribution in [0.3, 0.4) is 0 Å². The van der Waals surface area contributed by atoms with Gasteiger partial charge in [0.1, 0.15) is 0 Å². The molecule has 18 heavy (non-hydrogen) atoms. The summed E-state index contributed by atoms with van der Waals surface area (Å²) in [6.45, 7) is 4.95. The van der Waals surface area contributed by atoms with Crippen LogP contribution in [0.4, 0.5) is 0 Å². The molecule has 2 fully saturated rings. The van der Waals surface area contributed by atoms with Gasteiger partial charge in [-0.3, -0.25) is 0 Å². The maximum atomic E-state index is 9.06. The van der Waals surface area contributed by atoms with E-state index in [-0.39, 0.29) is 0 Å². The molecule has 3 N–H and O–H groups in total. The number of aliphatic hydroxyl groups is 1. The Morgan fingerprint density at radius 3 is 2.89 bits per heavy atom. The molecule has 3 nitrogen and oxygen atoms in total. The Balaban J connectivity index is 1.63. The van der Waals surface area contributed by atoms with E-state index in [1.165, 1.54) is 51.5 Å². The summed E-state index contributed by atoms with van der Waals surface area (Å²) in [5.74, 6) is 0. The van der Waals surface area contributed by atoms with Crippen LogP contribution in [0.15, 0.2) is 0 Å². The molecule has 0 spiro atoms. The van der Waals surface area contributed by atoms with Crippen LogP contribution in [0.2, 0.25) is 0 Å². The second-order valence-corrected chi connectivity index (χ2v) is 6.49. The summed E-state index contributed by atoms with van der Waals surface area (Å²) in [6, 6.07) is 1.31. The highest BCUT2D eigenvalue weighted by Gasteiger charge is 2.41. The lowest BCUT2D eigenvalue weighted by Gasteiger charge is -2.24. The van der Waals surface area contributed by atoms with E-state index in [0.717, 1.165) is 13.0 Å². The van der Waals surface area contributed by atoms with E-state index in [4.69, 9.17) is 5.11 Å². The van der Waals surface area contributed by atoms with Crippen LogP contribution < -0.4 is 10.6 Å². The van der Waals surface area contributed by atoms with Crippen molar-refractivity contribution in [1.82, 2.24) is 10.6 Å². The lowest BCUT2D eigenvalue weighted by molar-refractivity contribution is 0.240. The fourth-order valence-electron chi connectivity index (χ4n) is 3.13. The van der Waals surface area contributed by atoms with Crippen molar-refractivity contribution in [3.05, 3.63) is 0 Å². The summed E-state index contributed by atoms with van der Waals surface area (Å²) in [6.07, 6.45) is 10.3. The molecule has 0 bridgehead atoms. The minimum Gasteiger partial charge on any atom is -0.396 e. The smallest absolute Gasteiger partial charge is 0.0436 e. The molecule has 0 radical (unpaired) electrons. The second kappa shape index (κ2) is 6.88. The highest BCUT2D eigenvalue weighted by Crippen LogP contribution is 2.47. The first-order valence-electron chi connectivity index (χ1n) is 7.82. The Labute approximate surface area is 112 Å². The van der Waals surface area contributed by atoms with Crippen molar-refractivity contribution < 1.29 is 5.11 Å². The molecule has 1 saturated carbocycles. The molecule has 0 amide bonds. The van der Waals surface area contributed by atoms with E-state index in [2.05, 4.69) is 17.6 Å². The quantitative estimate of drug-likeness (QED) is 0.651. The van der Waals surface area contributed by atoms with E-state index in [1.807, 2.05) is 0 Å². The largest absolute Gasteiger partial charge is 0.396 e. The standard InChI is InChI=1S/C15H30N2O/c1-13(11-14-5-3-2-4-9-16-14)17-12-15(6-7-15)8-10-18/h13-14,16-18H,2-12H2,1H3. The van der Waals surface area contributed by atoms with Gasteiger partial charge in [-0.05, 0) is 57.4 Å². The number of hydrogen-bond acceptors (Lipinski definition) is 3. The molecule has 2 unspecified atom stereocenters. The normalized spacial score (nSPS) is 28.7. The molecule has 0 aromatic carbocycles. The van der Waals surface area contributed by atoms with Crippen molar-refractivity contribution in [2.45, 2.75) is 70.4 Å². The van der Waals surface area contributed by atoms with Gasteiger partial charge >= 0.3 is 0 Å². The first kappa shape index (κ1) is 14.3. The highest BCUT2D eigenvalue weighted by atomic mass is 16.3. The van der Waals surface area contributed by atoms with E-state index in [1.54, 1.807) is 0 Å². The zero-order valence-corrected chi connectivity index (χ0v) is 11.9. The molecule has 2 aliphatic rings. The molecule has 3 heteroatoms. The van der Waals surface area contributed by atoms with E-state index in [9.17, 15) is 0 Å². The molecule has 0 aromatic rings. The average Bonchev–Trinajstić information content (AvgIpc) is 3.13. The summed E-state index contributed by atoms with van der Waals surface area (Å²) in [7, 11) is 0. The summed E-state index contributed by atoms with van der Waals surface area (Å²) < 4.78 is 0. The van der Waals surface area contributed by atoms with Crippen molar-refractivity contribution in [2.75, 3.05) is 19.7 Å². The summed E-state index contributed by atoms with van der Waals surface area (Å²) in [5.41, 5.74) is 0.444. The maximum absolute atomic E-state index is 9.06. The van der Waals surface area contributed by atoms with Gasteiger partial charge in [0.05, 0.1) is 0 Å². The van der Waals surface area contributed by atoms with Gasteiger partial charge in [0.2, 0.25) is 0 Å². The first-order chi connectivity index (χ1) is 8.74. The third-order valence-electron chi connectivity index (χ3n) is 4.73. The first-order valence-corrected chi connectivity index (χ1v) is 7.82. The van der Waals surface area contributed by atoms with Gasteiger partial charge in [0.15, 0.2) is 0 Å². The monoisotopic (exact) mass is 254 g/mol. The predicted octanol–water partition coefficient (Wildman–Crippen LogP) is 2.05. The Morgan fingerprint density at radius 1 is 1.33 bits per heavy atom.